The molecule has 2 atom stereocenters. The lowest BCUT2D eigenvalue weighted by Gasteiger charge is -2.21. The molecule has 0 amide bonds. The highest BCUT2D eigenvalue weighted by molar-refractivity contribution is 5.80. The van der Waals surface area contributed by atoms with Crippen LogP contribution in [0, 0.1) is 0 Å². The Kier molecular flexibility index (Phi) is 6.59. The van der Waals surface area contributed by atoms with Crippen LogP contribution in [0.1, 0.15) is 31.7 Å². The summed E-state index contributed by atoms with van der Waals surface area (Å²) >= 11 is 0. The summed E-state index contributed by atoms with van der Waals surface area (Å²) in [6, 6.07) is 17.6. The minimum atomic E-state index is 0.399. The van der Waals surface area contributed by atoms with Crippen molar-refractivity contribution in [1.29, 1.82) is 0 Å². The van der Waals surface area contributed by atoms with Gasteiger partial charge in [0.2, 0.25) is 0 Å². The molecule has 0 spiro atoms. The number of guanidine groups is 1. The topological polar surface area (TPSA) is 69.8 Å². The van der Waals surface area contributed by atoms with E-state index in [9.17, 15) is 0 Å². The van der Waals surface area contributed by atoms with Crippen LogP contribution in [0.4, 0.5) is 0 Å². The monoisotopic (exact) mass is 405 g/mol. The maximum Gasteiger partial charge on any atom is 0.191 e. The van der Waals surface area contributed by atoms with E-state index in [0.29, 0.717) is 18.6 Å². The summed E-state index contributed by atoms with van der Waals surface area (Å²) < 4.78 is 2.02. The van der Waals surface area contributed by atoms with E-state index in [2.05, 4.69) is 69.9 Å². The number of likely N-dealkylation sites (tertiary alicyclic amines) is 1. The molecule has 158 valence electrons. The number of nitrogens with one attached hydrogen (secondary N) is 2. The Morgan fingerprint density at radius 1 is 1.13 bits per heavy atom. The molecule has 2 aromatic heterocycles. The first-order chi connectivity index (χ1) is 14.7. The van der Waals surface area contributed by atoms with Crippen LogP contribution in [0.2, 0.25) is 0 Å². The van der Waals surface area contributed by atoms with Crippen molar-refractivity contribution < 1.29 is 0 Å². The zero-order valence-corrected chi connectivity index (χ0v) is 17.8. The maximum atomic E-state index is 4.79. The molecule has 3 heterocycles. The Morgan fingerprint density at radius 3 is 2.80 bits per heavy atom. The first-order valence-electron chi connectivity index (χ1n) is 10.8. The molecular formula is C23H31N7. The molecule has 0 radical (unpaired) electrons. The first kappa shape index (κ1) is 20.3. The first-order valence-corrected chi connectivity index (χ1v) is 10.8. The molecule has 4 rings (SSSR count). The van der Waals surface area contributed by atoms with Gasteiger partial charge in [0.25, 0.3) is 0 Å². The van der Waals surface area contributed by atoms with E-state index in [0.717, 1.165) is 49.9 Å². The SMILES string of the molecule is CCNC(=NCCc1nnc2ccccn12)NC1CC(C)N(Cc2ccccc2)C1. The van der Waals surface area contributed by atoms with Crippen LogP contribution in [-0.4, -0.2) is 57.2 Å². The van der Waals surface area contributed by atoms with Crippen molar-refractivity contribution >= 4 is 11.6 Å². The number of fused-ring (bicyclic) bond motifs is 1. The fourth-order valence-corrected chi connectivity index (χ4v) is 4.08. The molecule has 1 fully saturated rings. The average molecular weight is 406 g/mol. The Labute approximate surface area is 178 Å². The van der Waals surface area contributed by atoms with Gasteiger partial charge in [-0.15, -0.1) is 10.2 Å². The highest BCUT2D eigenvalue weighted by Gasteiger charge is 2.29. The summed E-state index contributed by atoms with van der Waals surface area (Å²) in [5, 5.41) is 15.5. The molecule has 30 heavy (non-hydrogen) atoms. The maximum absolute atomic E-state index is 4.79. The van der Waals surface area contributed by atoms with Crippen LogP contribution >= 0.6 is 0 Å². The van der Waals surface area contributed by atoms with Crippen LogP contribution in [0.3, 0.4) is 0 Å². The molecule has 7 nitrogen and oxygen atoms in total. The predicted octanol–water partition coefficient (Wildman–Crippen LogP) is 2.49. The van der Waals surface area contributed by atoms with E-state index < -0.39 is 0 Å². The van der Waals surface area contributed by atoms with E-state index >= 15 is 0 Å². The fraction of sp³-hybridized carbons (Fsp3) is 0.435. The molecule has 2 unspecified atom stereocenters. The third kappa shape index (κ3) is 4.97. The molecule has 0 aliphatic carbocycles. The standard InChI is InChI=1S/C23H31N7/c1-3-24-23(25-13-12-22-28-27-21-11-7-8-14-30(21)22)26-20-15-18(2)29(17-20)16-19-9-5-4-6-10-19/h4-11,14,18,20H,3,12-13,15-17H2,1-2H3,(H2,24,25,26). The van der Waals surface area contributed by atoms with Gasteiger partial charge in [-0.3, -0.25) is 14.3 Å². The van der Waals surface area contributed by atoms with Crippen LogP contribution in [-0.2, 0) is 13.0 Å². The molecule has 7 heteroatoms. The minimum absolute atomic E-state index is 0.399. The summed E-state index contributed by atoms with van der Waals surface area (Å²) in [6.07, 6.45) is 3.87. The second-order valence-electron chi connectivity index (χ2n) is 7.90. The number of benzene rings is 1. The van der Waals surface area contributed by atoms with Crippen LogP contribution in [0.25, 0.3) is 5.65 Å². The molecule has 0 bridgehead atoms. The molecule has 1 aromatic carbocycles. The summed E-state index contributed by atoms with van der Waals surface area (Å²) in [6.45, 7) is 7.94. The van der Waals surface area contributed by atoms with Gasteiger partial charge in [0.15, 0.2) is 11.6 Å². The lowest BCUT2D eigenvalue weighted by molar-refractivity contribution is 0.258. The van der Waals surface area contributed by atoms with Gasteiger partial charge in [0.05, 0.1) is 0 Å². The van der Waals surface area contributed by atoms with Crippen molar-refractivity contribution in [2.75, 3.05) is 19.6 Å². The molecule has 3 aromatic rings. The Hall–Kier alpha value is -2.93. The van der Waals surface area contributed by atoms with Gasteiger partial charge < -0.3 is 10.6 Å². The van der Waals surface area contributed by atoms with E-state index in [1.165, 1.54) is 5.56 Å². The zero-order chi connectivity index (χ0) is 20.8. The van der Waals surface area contributed by atoms with Crippen molar-refractivity contribution in [3.63, 3.8) is 0 Å². The second-order valence-corrected chi connectivity index (χ2v) is 7.90. The van der Waals surface area contributed by atoms with Crippen LogP contribution in [0.5, 0.6) is 0 Å². The lowest BCUT2D eigenvalue weighted by atomic mass is 10.2. The number of aromatic nitrogens is 3. The molecule has 1 saturated heterocycles. The van der Waals surface area contributed by atoms with E-state index in [1.807, 2.05) is 28.8 Å². The van der Waals surface area contributed by atoms with Crippen molar-refractivity contribution in [1.82, 2.24) is 30.1 Å². The number of hydrogen-bond donors (Lipinski definition) is 2. The van der Waals surface area contributed by atoms with Crippen molar-refractivity contribution in [3.8, 4) is 0 Å². The van der Waals surface area contributed by atoms with Gasteiger partial charge in [-0.25, -0.2) is 0 Å². The molecule has 2 N–H and O–H groups in total. The number of rotatable bonds is 7. The quantitative estimate of drug-likeness (QED) is 0.467. The van der Waals surface area contributed by atoms with Crippen LogP contribution in [0.15, 0.2) is 59.7 Å². The number of pyridine rings is 1. The lowest BCUT2D eigenvalue weighted by Crippen LogP contribution is -2.44. The van der Waals surface area contributed by atoms with E-state index in [1.54, 1.807) is 0 Å². The van der Waals surface area contributed by atoms with Gasteiger partial charge >= 0.3 is 0 Å². The van der Waals surface area contributed by atoms with Crippen LogP contribution < -0.4 is 10.6 Å². The molecule has 0 saturated carbocycles. The smallest absolute Gasteiger partial charge is 0.191 e. The number of nitrogens with zero attached hydrogens (tertiary/aromatic N) is 5. The predicted molar refractivity (Wildman–Crippen MR) is 121 cm³/mol. The molecule has 1 aliphatic rings. The number of hydrogen-bond acceptors (Lipinski definition) is 4. The van der Waals surface area contributed by atoms with Crippen molar-refractivity contribution in [2.45, 2.75) is 45.3 Å². The van der Waals surface area contributed by atoms with Crippen molar-refractivity contribution in [3.05, 3.63) is 66.1 Å². The largest absolute Gasteiger partial charge is 0.357 e. The van der Waals surface area contributed by atoms with E-state index in [4.69, 9.17) is 4.99 Å². The van der Waals surface area contributed by atoms with Gasteiger partial charge in [-0.2, -0.15) is 0 Å². The number of aliphatic imine (C=N–C) groups is 1. The normalized spacial score (nSPS) is 20.0. The Bertz CT molecular complexity index is 966. The molecule has 1 aliphatic heterocycles. The highest BCUT2D eigenvalue weighted by Crippen LogP contribution is 2.20. The summed E-state index contributed by atoms with van der Waals surface area (Å²) in [4.78, 5) is 7.33. The Balaban J connectivity index is 1.33. The van der Waals surface area contributed by atoms with E-state index in [-0.39, 0.29) is 0 Å². The summed E-state index contributed by atoms with van der Waals surface area (Å²) in [7, 11) is 0. The fourth-order valence-electron chi connectivity index (χ4n) is 4.08. The minimum Gasteiger partial charge on any atom is -0.357 e. The summed E-state index contributed by atoms with van der Waals surface area (Å²) in [5.41, 5.74) is 2.24. The van der Waals surface area contributed by atoms with Gasteiger partial charge in [-0.1, -0.05) is 36.4 Å². The Morgan fingerprint density at radius 2 is 1.97 bits per heavy atom. The zero-order valence-electron chi connectivity index (χ0n) is 17.8. The highest BCUT2D eigenvalue weighted by atomic mass is 15.3. The average Bonchev–Trinajstić information content (AvgIpc) is 3.32. The second kappa shape index (κ2) is 9.71. The summed E-state index contributed by atoms with van der Waals surface area (Å²) in [5.74, 6) is 1.82. The van der Waals surface area contributed by atoms with Crippen molar-refractivity contribution in [2.24, 2.45) is 4.99 Å². The third-order valence-corrected chi connectivity index (χ3v) is 5.61. The van der Waals surface area contributed by atoms with Gasteiger partial charge in [0, 0.05) is 50.9 Å². The molecular weight excluding hydrogens is 374 g/mol. The van der Waals surface area contributed by atoms with Gasteiger partial charge in [0.1, 0.15) is 5.82 Å². The third-order valence-electron chi connectivity index (χ3n) is 5.61. The van der Waals surface area contributed by atoms with Gasteiger partial charge in [-0.05, 0) is 38.0 Å².